The van der Waals surface area contributed by atoms with Gasteiger partial charge in [-0.2, -0.15) is 14.0 Å². The van der Waals surface area contributed by atoms with Gasteiger partial charge in [-0.05, 0) is 79.5 Å². The molecule has 3 rings (SSSR count). The Bertz CT molecular complexity index is 785. The summed E-state index contributed by atoms with van der Waals surface area (Å²) in [6.45, 7) is 2.23. The predicted octanol–water partition coefficient (Wildman–Crippen LogP) is 7.15. The molecule has 1 fully saturated rings. The van der Waals surface area contributed by atoms with Crippen molar-refractivity contribution in [3.63, 3.8) is 0 Å². The molecular formula is C24H27F2NO. The topological polar surface area (TPSA) is 33.0 Å². The lowest BCUT2D eigenvalue weighted by molar-refractivity contribution is -0.185. The first-order chi connectivity index (χ1) is 13.5. The highest BCUT2D eigenvalue weighted by Gasteiger charge is 2.34. The molecule has 0 radical (unpaired) electrons. The summed E-state index contributed by atoms with van der Waals surface area (Å²) in [6, 6.07) is 14.2. The zero-order valence-electron chi connectivity index (χ0n) is 16.3. The molecule has 0 spiro atoms. The van der Waals surface area contributed by atoms with Gasteiger partial charge in [0.05, 0.1) is 17.2 Å². The van der Waals surface area contributed by atoms with Crippen LogP contribution in [0.3, 0.4) is 0 Å². The number of ether oxygens (including phenoxy) is 1. The van der Waals surface area contributed by atoms with Crippen LogP contribution in [0.15, 0.2) is 48.5 Å². The van der Waals surface area contributed by atoms with Gasteiger partial charge in [-0.15, -0.1) is 0 Å². The molecule has 2 aromatic rings. The first-order valence-electron chi connectivity index (χ1n) is 10.2. The highest BCUT2D eigenvalue weighted by atomic mass is 19.3. The van der Waals surface area contributed by atoms with E-state index in [0.717, 1.165) is 24.3 Å². The fourth-order valence-electron chi connectivity index (χ4n) is 4.03. The molecular weight excluding hydrogens is 356 g/mol. The predicted molar refractivity (Wildman–Crippen MR) is 106 cm³/mol. The summed E-state index contributed by atoms with van der Waals surface area (Å²) in [7, 11) is 0. The van der Waals surface area contributed by atoms with Gasteiger partial charge in [-0.3, -0.25) is 0 Å². The van der Waals surface area contributed by atoms with E-state index in [0.29, 0.717) is 11.5 Å². The van der Waals surface area contributed by atoms with E-state index < -0.39 is 6.11 Å². The van der Waals surface area contributed by atoms with E-state index in [1.807, 2.05) is 18.2 Å². The largest absolute Gasteiger partial charge is 0.429 e. The van der Waals surface area contributed by atoms with Gasteiger partial charge >= 0.3 is 6.11 Å². The molecule has 2 nitrogen and oxygen atoms in total. The van der Waals surface area contributed by atoms with Crippen LogP contribution >= 0.6 is 0 Å². The van der Waals surface area contributed by atoms with Crippen molar-refractivity contribution in [1.82, 2.24) is 0 Å². The summed E-state index contributed by atoms with van der Waals surface area (Å²) in [5, 5.41) is 8.79. The van der Waals surface area contributed by atoms with E-state index >= 15 is 0 Å². The first-order valence-corrected chi connectivity index (χ1v) is 10.2. The Kier molecular flexibility index (Phi) is 6.67. The van der Waals surface area contributed by atoms with Gasteiger partial charge < -0.3 is 4.74 Å². The van der Waals surface area contributed by atoms with Crippen molar-refractivity contribution in [3.05, 3.63) is 65.2 Å². The third kappa shape index (κ3) is 5.10. The molecule has 0 amide bonds. The quantitative estimate of drug-likeness (QED) is 0.508. The lowest BCUT2D eigenvalue weighted by Crippen LogP contribution is -2.22. The molecule has 0 saturated heterocycles. The number of hydrogen-bond acceptors (Lipinski definition) is 2. The number of halogens is 2. The first kappa shape index (κ1) is 20.3. The molecule has 0 heterocycles. The van der Waals surface area contributed by atoms with Gasteiger partial charge in [0.1, 0.15) is 5.75 Å². The second-order valence-corrected chi connectivity index (χ2v) is 7.74. The van der Waals surface area contributed by atoms with Crippen molar-refractivity contribution < 1.29 is 13.5 Å². The zero-order valence-corrected chi connectivity index (χ0v) is 16.3. The van der Waals surface area contributed by atoms with Crippen LogP contribution in [0.25, 0.3) is 0 Å². The molecule has 2 aromatic carbocycles. The number of unbranched alkanes of at least 4 members (excludes halogenated alkanes) is 1. The van der Waals surface area contributed by atoms with Gasteiger partial charge in [0.15, 0.2) is 0 Å². The number of rotatable bonds is 7. The van der Waals surface area contributed by atoms with Crippen LogP contribution < -0.4 is 4.74 Å². The second-order valence-electron chi connectivity index (χ2n) is 7.74. The molecule has 0 bridgehead atoms. The maximum atomic E-state index is 14.5. The van der Waals surface area contributed by atoms with Crippen LogP contribution in [-0.2, 0) is 6.11 Å². The summed E-state index contributed by atoms with van der Waals surface area (Å²) in [5.41, 5.74) is 1.40. The van der Waals surface area contributed by atoms with Crippen LogP contribution in [0.1, 0.15) is 74.5 Å². The van der Waals surface area contributed by atoms with Gasteiger partial charge in [-0.1, -0.05) is 38.3 Å². The van der Waals surface area contributed by atoms with Gasteiger partial charge in [0.25, 0.3) is 0 Å². The summed E-state index contributed by atoms with van der Waals surface area (Å²) in [6.07, 6.45) is 5.23. The smallest absolute Gasteiger partial charge is 0.426 e. The van der Waals surface area contributed by atoms with Gasteiger partial charge in [-0.25, -0.2) is 0 Å². The molecule has 0 aliphatic heterocycles. The van der Waals surface area contributed by atoms with Gasteiger partial charge in [0, 0.05) is 0 Å². The average Bonchev–Trinajstić information content (AvgIpc) is 2.73. The highest BCUT2D eigenvalue weighted by molar-refractivity contribution is 5.35. The number of benzene rings is 2. The van der Waals surface area contributed by atoms with Crippen molar-refractivity contribution >= 4 is 0 Å². The minimum absolute atomic E-state index is 0.0403. The van der Waals surface area contributed by atoms with Crippen molar-refractivity contribution in [2.75, 3.05) is 0 Å². The molecule has 28 heavy (non-hydrogen) atoms. The molecule has 1 saturated carbocycles. The molecule has 148 valence electrons. The van der Waals surface area contributed by atoms with E-state index in [2.05, 4.69) is 6.92 Å². The Morgan fingerprint density at radius 3 is 2.21 bits per heavy atom. The molecule has 0 unspecified atom stereocenters. The standard InChI is InChI=1S/C24H27F2NO/c1-2-3-4-18-5-9-20(10-6-18)21-11-13-22(14-12-21)24(25,26)28-23-15-7-19(17-27)8-16-23/h7-8,11-16,18,20H,2-6,9-10H2,1H3. The Morgan fingerprint density at radius 2 is 1.64 bits per heavy atom. The van der Waals surface area contributed by atoms with E-state index in [1.165, 1.54) is 68.5 Å². The van der Waals surface area contributed by atoms with Crippen molar-refractivity contribution in [2.24, 2.45) is 5.92 Å². The zero-order chi connectivity index (χ0) is 20.0. The van der Waals surface area contributed by atoms with Gasteiger partial charge in [0.2, 0.25) is 0 Å². The monoisotopic (exact) mass is 383 g/mol. The van der Waals surface area contributed by atoms with Crippen molar-refractivity contribution in [1.29, 1.82) is 5.26 Å². The molecule has 4 heteroatoms. The summed E-state index contributed by atoms with van der Waals surface area (Å²) in [4.78, 5) is 0. The molecule has 0 aromatic heterocycles. The fraction of sp³-hybridized carbons (Fsp3) is 0.458. The minimum atomic E-state index is -3.41. The molecule has 0 N–H and O–H groups in total. The fourth-order valence-corrected chi connectivity index (χ4v) is 4.03. The average molecular weight is 383 g/mol. The Balaban J connectivity index is 1.60. The number of hydrogen-bond donors (Lipinski definition) is 0. The maximum Gasteiger partial charge on any atom is 0.426 e. The van der Waals surface area contributed by atoms with Crippen LogP contribution in [0.2, 0.25) is 0 Å². The van der Waals surface area contributed by atoms with Crippen molar-refractivity contribution in [3.8, 4) is 11.8 Å². The van der Waals surface area contributed by atoms with E-state index in [1.54, 1.807) is 0 Å². The van der Waals surface area contributed by atoms with Crippen LogP contribution in [0, 0.1) is 17.2 Å². The number of alkyl halides is 2. The highest BCUT2D eigenvalue weighted by Crippen LogP contribution is 2.39. The lowest BCUT2D eigenvalue weighted by Gasteiger charge is -2.29. The number of nitriles is 1. The second kappa shape index (κ2) is 9.19. The Hall–Kier alpha value is -2.41. The summed E-state index contributed by atoms with van der Waals surface area (Å²) in [5.74, 6) is 1.35. The lowest BCUT2D eigenvalue weighted by atomic mass is 9.77. The molecule has 1 aliphatic carbocycles. The van der Waals surface area contributed by atoms with E-state index in [4.69, 9.17) is 10.00 Å². The van der Waals surface area contributed by atoms with Crippen molar-refractivity contribution in [2.45, 2.75) is 63.9 Å². The minimum Gasteiger partial charge on any atom is -0.429 e. The maximum absolute atomic E-state index is 14.5. The third-order valence-electron chi connectivity index (χ3n) is 5.76. The van der Waals surface area contributed by atoms with Crippen LogP contribution in [0.5, 0.6) is 5.75 Å². The summed E-state index contributed by atoms with van der Waals surface area (Å²) >= 11 is 0. The Morgan fingerprint density at radius 1 is 1.00 bits per heavy atom. The van der Waals surface area contributed by atoms with E-state index in [9.17, 15) is 8.78 Å². The number of nitrogens with zero attached hydrogens (tertiary/aromatic N) is 1. The van der Waals surface area contributed by atoms with E-state index in [-0.39, 0.29) is 11.3 Å². The summed E-state index contributed by atoms with van der Waals surface area (Å²) < 4.78 is 33.8. The Labute approximate surface area is 166 Å². The molecule has 0 atom stereocenters. The van der Waals surface area contributed by atoms with Crippen LogP contribution in [0.4, 0.5) is 8.78 Å². The third-order valence-corrected chi connectivity index (χ3v) is 5.76. The molecule has 1 aliphatic rings. The van der Waals surface area contributed by atoms with Crippen LogP contribution in [-0.4, -0.2) is 0 Å². The SMILES string of the molecule is CCCCC1CCC(c2ccc(C(F)(F)Oc3ccc(C#N)cc3)cc2)CC1. The normalized spacial score (nSPS) is 19.8.